The molecular weight excluding hydrogens is 366 g/mol. The molecule has 4 rings (SSSR count). The number of fused-ring (bicyclic) bond motifs is 1. The molecule has 2 aromatic carbocycles. The third-order valence-electron chi connectivity index (χ3n) is 5.30. The Balaban J connectivity index is 1.31. The molecule has 0 unspecified atom stereocenters. The predicted octanol–water partition coefficient (Wildman–Crippen LogP) is 2.64. The Morgan fingerprint density at radius 2 is 1.75 bits per heavy atom. The molecular formula is C23H26N3OS+. The van der Waals surface area contributed by atoms with Crippen LogP contribution in [0.5, 0.6) is 0 Å². The van der Waals surface area contributed by atoms with Crippen LogP contribution in [0.4, 0.5) is 0 Å². The maximum atomic E-state index is 12.9. The molecule has 5 heteroatoms. The van der Waals surface area contributed by atoms with E-state index >= 15 is 0 Å². The number of carbonyl (C=O) groups excluding carboxylic acids is 1. The van der Waals surface area contributed by atoms with Gasteiger partial charge in [-0.2, -0.15) is 0 Å². The summed E-state index contributed by atoms with van der Waals surface area (Å²) in [6.07, 6.45) is 0. The quantitative estimate of drug-likeness (QED) is 0.679. The highest BCUT2D eigenvalue weighted by Gasteiger charge is 2.27. The SMILES string of the molecule is C[C@@H](Sc1ccc2ccccc2n1)C(=O)N1CC[NH+](Cc2ccccc2)CC1. The van der Waals surface area contributed by atoms with Crippen molar-refractivity contribution in [3.63, 3.8) is 0 Å². The van der Waals surface area contributed by atoms with Gasteiger partial charge in [-0.05, 0) is 19.1 Å². The first kappa shape index (κ1) is 19.0. The summed E-state index contributed by atoms with van der Waals surface area (Å²) in [7, 11) is 0. The normalized spacial score (nSPS) is 16.2. The van der Waals surface area contributed by atoms with Gasteiger partial charge < -0.3 is 9.80 Å². The summed E-state index contributed by atoms with van der Waals surface area (Å²) in [5.74, 6) is 0.221. The molecule has 0 spiro atoms. The smallest absolute Gasteiger partial charge is 0.236 e. The summed E-state index contributed by atoms with van der Waals surface area (Å²) < 4.78 is 0. The fourth-order valence-corrected chi connectivity index (χ4v) is 4.62. The number of piperazine rings is 1. The molecule has 1 saturated heterocycles. The van der Waals surface area contributed by atoms with Crippen molar-refractivity contribution >= 4 is 28.6 Å². The van der Waals surface area contributed by atoms with Crippen LogP contribution >= 0.6 is 11.8 Å². The summed E-state index contributed by atoms with van der Waals surface area (Å²) in [5.41, 5.74) is 2.34. The maximum absolute atomic E-state index is 12.9. The van der Waals surface area contributed by atoms with E-state index in [1.54, 1.807) is 16.7 Å². The Morgan fingerprint density at radius 3 is 2.54 bits per heavy atom. The Hall–Kier alpha value is -2.37. The topological polar surface area (TPSA) is 37.6 Å². The van der Waals surface area contributed by atoms with Crippen molar-refractivity contribution in [1.29, 1.82) is 0 Å². The molecule has 1 aliphatic rings. The van der Waals surface area contributed by atoms with Crippen molar-refractivity contribution in [3.8, 4) is 0 Å². The number of benzene rings is 2. The van der Waals surface area contributed by atoms with Crippen molar-refractivity contribution in [3.05, 3.63) is 72.3 Å². The van der Waals surface area contributed by atoms with E-state index in [0.717, 1.165) is 48.7 Å². The minimum atomic E-state index is -0.121. The van der Waals surface area contributed by atoms with E-state index < -0.39 is 0 Å². The Morgan fingerprint density at radius 1 is 1.04 bits per heavy atom. The molecule has 1 amide bonds. The first-order valence-corrected chi connectivity index (χ1v) is 10.8. The van der Waals surface area contributed by atoms with Gasteiger partial charge in [0.05, 0.1) is 42.0 Å². The van der Waals surface area contributed by atoms with Gasteiger partial charge in [-0.15, -0.1) is 0 Å². The number of rotatable bonds is 5. The maximum Gasteiger partial charge on any atom is 0.236 e. The highest BCUT2D eigenvalue weighted by Crippen LogP contribution is 2.25. The molecule has 0 aliphatic carbocycles. The van der Waals surface area contributed by atoms with Gasteiger partial charge in [0.25, 0.3) is 0 Å². The van der Waals surface area contributed by atoms with Gasteiger partial charge in [0.15, 0.2) is 0 Å². The minimum absolute atomic E-state index is 0.121. The number of carbonyl (C=O) groups is 1. The van der Waals surface area contributed by atoms with Crippen LogP contribution in [0.25, 0.3) is 10.9 Å². The van der Waals surface area contributed by atoms with Crippen LogP contribution < -0.4 is 4.90 Å². The third kappa shape index (κ3) is 4.54. The lowest BCUT2D eigenvalue weighted by atomic mass is 10.2. The van der Waals surface area contributed by atoms with Gasteiger partial charge in [-0.25, -0.2) is 4.98 Å². The number of nitrogens with one attached hydrogen (secondary N) is 1. The second-order valence-corrected chi connectivity index (χ2v) is 8.70. The molecule has 144 valence electrons. The molecule has 0 radical (unpaired) electrons. The third-order valence-corrected chi connectivity index (χ3v) is 6.32. The standard InChI is InChI=1S/C23H25N3OS/c1-18(28-22-12-11-20-9-5-6-10-21(20)24-22)23(27)26-15-13-25(14-16-26)17-19-7-3-2-4-8-19/h2-12,18H,13-17H2,1H3/p+1/t18-/m1/s1. The Bertz CT molecular complexity index is 939. The highest BCUT2D eigenvalue weighted by atomic mass is 32.2. The van der Waals surface area contributed by atoms with Gasteiger partial charge in [-0.1, -0.05) is 66.4 Å². The summed E-state index contributed by atoms with van der Waals surface area (Å²) >= 11 is 1.55. The van der Waals surface area contributed by atoms with Crippen LogP contribution in [0, 0.1) is 0 Å². The largest absolute Gasteiger partial charge is 0.330 e. The zero-order chi connectivity index (χ0) is 19.3. The zero-order valence-electron chi connectivity index (χ0n) is 16.2. The Kier molecular flexibility index (Phi) is 5.93. The van der Waals surface area contributed by atoms with Gasteiger partial charge >= 0.3 is 0 Å². The number of pyridine rings is 1. The number of hydrogen-bond donors (Lipinski definition) is 1. The number of aromatic nitrogens is 1. The number of hydrogen-bond acceptors (Lipinski definition) is 3. The predicted molar refractivity (Wildman–Crippen MR) is 114 cm³/mol. The fourth-order valence-electron chi connectivity index (χ4n) is 3.71. The van der Waals surface area contributed by atoms with E-state index in [-0.39, 0.29) is 11.2 Å². The zero-order valence-corrected chi connectivity index (χ0v) is 17.0. The van der Waals surface area contributed by atoms with E-state index in [2.05, 4.69) is 47.4 Å². The van der Waals surface area contributed by atoms with E-state index in [1.165, 1.54) is 5.56 Å². The lowest BCUT2D eigenvalue weighted by Crippen LogP contribution is -3.13. The lowest BCUT2D eigenvalue weighted by Gasteiger charge is -2.33. The van der Waals surface area contributed by atoms with E-state index in [4.69, 9.17) is 0 Å². The number of amides is 1. The molecule has 1 fully saturated rings. The van der Waals surface area contributed by atoms with Crippen LogP contribution in [0.15, 0.2) is 71.8 Å². The van der Waals surface area contributed by atoms with Crippen molar-refractivity contribution in [2.24, 2.45) is 0 Å². The number of thioether (sulfide) groups is 1. The van der Waals surface area contributed by atoms with E-state index in [9.17, 15) is 4.79 Å². The first-order chi connectivity index (χ1) is 13.7. The molecule has 1 N–H and O–H groups in total. The van der Waals surface area contributed by atoms with E-state index in [1.807, 2.05) is 36.1 Å². The number of para-hydroxylation sites is 1. The van der Waals surface area contributed by atoms with Gasteiger partial charge in [0.2, 0.25) is 5.91 Å². The number of quaternary nitrogens is 1. The van der Waals surface area contributed by atoms with Crippen LogP contribution in [-0.2, 0) is 11.3 Å². The van der Waals surface area contributed by atoms with Crippen LogP contribution in [-0.4, -0.2) is 47.2 Å². The molecule has 0 saturated carbocycles. The van der Waals surface area contributed by atoms with Crippen molar-refractivity contribution in [1.82, 2.24) is 9.88 Å². The van der Waals surface area contributed by atoms with Crippen LogP contribution in [0.3, 0.4) is 0 Å². The van der Waals surface area contributed by atoms with Crippen molar-refractivity contribution in [2.75, 3.05) is 26.2 Å². The second kappa shape index (κ2) is 8.76. The van der Waals surface area contributed by atoms with Gasteiger partial charge in [0, 0.05) is 10.9 Å². The van der Waals surface area contributed by atoms with Crippen molar-refractivity contribution < 1.29 is 9.69 Å². The average Bonchev–Trinajstić information content (AvgIpc) is 2.74. The highest BCUT2D eigenvalue weighted by molar-refractivity contribution is 8.00. The summed E-state index contributed by atoms with van der Waals surface area (Å²) in [5, 5.41) is 1.92. The second-order valence-electron chi connectivity index (χ2n) is 7.34. The number of nitrogens with zero attached hydrogens (tertiary/aromatic N) is 2. The molecule has 1 aromatic heterocycles. The molecule has 28 heavy (non-hydrogen) atoms. The van der Waals surface area contributed by atoms with Crippen molar-refractivity contribution in [2.45, 2.75) is 23.7 Å². The van der Waals surface area contributed by atoms with Crippen LogP contribution in [0.1, 0.15) is 12.5 Å². The van der Waals surface area contributed by atoms with E-state index in [0.29, 0.717) is 0 Å². The molecule has 1 aliphatic heterocycles. The monoisotopic (exact) mass is 392 g/mol. The summed E-state index contributed by atoms with van der Waals surface area (Å²) in [6, 6.07) is 22.8. The van der Waals surface area contributed by atoms with Gasteiger partial charge in [-0.3, -0.25) is 4.79 Å². The molecule has 2 heterocycles. The lowest BCUT2D eigenvalue weighted by molar-refractivity contribution is -0.917. The molecule has 0 bridgehead atoms. The molecule has 4 nitrogen and oxygen atoms in total. The van der Waals surface area contributed by atoms with Gasteiger partial charge in [0.1, 0.15) is 6.54 Å². The fraction of sp³-hybridized carbons (Fsp3) is 0.304. The summed E-state index contributed by atoms with van der Waals surface area (Å²) in [4.78, 5) is 21.2. The Labute approximate surface area is 170 Å². The molecule has 1 atom stereocenters. The first-order valence-electron chi connectivity index (χ1n) is 9.88. The summed E-state index contributed by atoms with van der Waals surface area (Å²) in [6.45, 7) is 6.70. The average molecular weight is 393 g/mol. The molecule has 3 aromatic rings. The minimum Gasteiger partial charge on any atom is -0.330 e. The van der Waals surface area contributed by atoms with Crippen LogP contribution in [0.2, 0.25) is 0 Å².